The van der Waals surface area contributed by atoms with Crippen molar-refractivity contribution in [2.45, 2.75) is 13.3 Å². The van der Waals surface area contributed by atoms with E-state index in [-0.39, 0.29) is 0 Å². The summed E-state index contributed by atoms with van der Waals surface area (Å²) >= 11 is 5.31. The number of nitrogens with two attached hydrogens (primary N) is 1. The molecule has 0 aromatic heterocycles. The second kappa shape index (κ2) is 4.16. The lowest BCUT2D eigenvalue weighted by molar-refractivity contribution is 0.953. The first-order valence-electron chi connectivity index (χ1n) is 2.27. The highest BCUT2D eigenvalue weighted by Crippen LogP contribution is 1.97. The van der Waals surface area contributed by atoms with Crippen molar-refractivity contribution in [3.63, 3.8) is 0 Å². The van der Waals surface area contributed by atoms with Crippen molar-refractivity contribution in [2.75, 3.05) is 6.54 Å². The van der Waals surface area contributed by atoms with Crippen LogP contribution >= 0.6 is 11.6 Å². The smallest absolute Gasteiger partial charge is 0.00321 e. The highest BCUT2D eigenvalue weighted by atomic mass is 35.5. The maximum atomic E-state index is 5.31. The van der Waals surface area contributed by atoms with E-state index in [4.69, 9.17) is 17.3 Å². The largest absolute Gasteiger partial charge is 0.330 e. The third-order valence-corrected chi connectivity index (χ3v) is 1.10. The SMILES string of the molecule is CC(=CCl)CCN. The van der Waals surface area contributed by atoms with Gasteiger partial charge in [-0.25, -0.2) is 0 Å². The van der Waals surface area contributed by atoms with Crippen LogP contribution in [0.2, 0.25) is 0 Å². The Morgan fingerprint density at radius 2 is 2.43 bits per heavy atom. The molecule has 0 atom stereocenters. The summed E-state index contributed by atoms with van der Waals surface area (Å²) in [6, 6.07) is 0. The molecule has 1 nitrogen and oxygen atoms in total. The molecule has 0 aliphatic rings. The van der Waals surface area contributed by atoms with Gasteiger partial charge >= 0.3 is 0 Å². The maximum Gasteiger partial charge on any atom is 0.00321 e. The van der Waals surface area contributed by atoms with Crippen molar-refractivity contribution in [2.24, 2.45) is 5.73 Å². The average Bonchev–Trinajstić information content (AvgIpc) is 1.68. The summed E-state index contributed by atoms with van der Waals surface area (Å²) in [5.41, 5.74) is 7.91. The zero-order valence-electron chi connectivity index (χ0n) is 4.45. The zero-order valence-corrected chi connectivity index (χ0v) is 5.20. The Bertz CT molecular complexity index is 68.5. The standard InChI is InChI=1S/C5H10ClN/c1-5(4-6)2-3-7/h4H,2-3,7H2,1H3. The van der Waals surface area contributed by atoms with Gasteiger partial charge in [-0.3, -0.25) is 0 Å². The topological polar surface area (TPSA) is 26.0 Å². The summed E-state index contributed by atoms with van der Waals surface area (Å²) in [4.78, 5) is 0. The van der Waals surface area contributed by atoms with Gasteiger partial charge in [0.15, 0.2) is 0 Å². The lowest BCUT2D eigenvalue weighted by atomic mass is 10.2. The molecule has 42 valence electrons. The van der Waals surface area contributed by atoms with Crippen LogP contribution in [0.3, 0.4) is 0 Å². The van der Waals surface area contributed by atoms with E-state index in [1.807, 2.05) is 6.92 Å². The molecule has 0 fully saturated rings. The van der Waals surface area contributed by atoms with E-state index in [1.165, 1.54) is 0 Å². The molecule has 0 spiro atoms. The Labute approximate surface area is 49.2 Å². The second-order valence-electron chi connectivity index (χ2n) is 1.49. The van der Waals surface area contributed by atoms with Gasteiger partial charge in [-0.2, -0.15) is 0 Å². The number of rotatable bonds is 2. The molecule has 0 radical (unpaired) electrons. The van der Waals surface area contributed by atoms with Gasteiger partial charge < -0.3 is 5.73 Å². The first-order chi connectivity index (χ1) is 3.31. The monoisotopic (exact) mass is 119 g/mol. The number of hydrogen-bond acceptors (Lipinski definition) is 1. The molecule has 0 aromatic carbocycles. The fourth-order valence-corrected chi connectivity index (χ4v) is 0.391. The van der Waals surface area contributed by atoms with Crippen LogP contribution in [-0.4, -0.2) is 6.54 Å². The van der Waals surface area contributed by atoms with Crippen molar-refractivity contribution >= 4 is 11.6 Å². The van der Waals surface area contributed by atoms with Crippen LogP contribution in [0.15, 0.2) is 11.1 Å². The van der Waals surface area contributed by atoms with Crippen molar-refractivity contribution in [1.29, 1.82) is 0 Å². The molecule has 7 heavy (non-hydrogen) atoms. The van der Waals surface area contributed by atoms with Crippen LogP contribution in [0, 0.1) is 0 Å². The first kappa shape index (κ1) is 6.99. The highest BCUT2D eigenvalue weighted by Gasteiger charge is 1.81. The van der Waals surface area contributed by atoms with Crippen LogP contribution < -0.4 is 5.73 Å². The molecule has 0 amide bonds. The van der Waals surface area contributed by atoms with Crippen LogP contribution in [0.4, 0.5) is 0 Å². The van der Waals surface area contributed by atoms with Gasteiger partial charge in [0.2, 0.25) is 0 Å². The predicted molar refractivity (Wildman–Crippen MR) is 33.3 cm³/mol. The lowest BCUT2D eigenvalue weighted by Gasteiger charge is -1.90. The van der Waals surface area contributed by atoms with Crippen LogP contribution in [0.1, 0.15) is 13.3 Å². The van der Waals surface area contributed by atoms with Crippen LogP contribution in [0.5, 0.6) is 0 Å². The summed E-state index contributed by atoms with van der Waals surface area (Å²) in [6.45, 7) is 2.65. The summed E-state index contributed by atoms with van der Waals surface area (Å²) < 4.78 is 0. The van der Waals surface area contributed by atoms with E-state index in [0.717, 1.165) is 12.0 Å². The fourth-order valence-electron chi connectivity index (χ4n) is 0.282. The van der Waals surface area contributed by atoms with Crippen LogP contribution in [0.25, 0.3) is 0 Å². The Morgan fingerprint density at radius 1 is 1.86 bits per heavy atom. The molecule has 0 unspecified atom stereocenters. The lowest BCUT2D eigenvalue weighted by Crippen LogP contribution is -1.97. The summed E-state index contributed by atoms with van der Waals surface area (Å²) in [5.74, 6) is 0. The molecule has 0 bridgehead atoms. The van der Waals surface area contributed by atoms with E-state index in [2.05, 4.69) is 0 Å². The summed E-state index contributed by atoms with van der Waals surface area (Å²) in [6.07, 6.45) is 0.906. The number of hydrogen-bond donors (Lipinski definition) is 1. The molecule has 2 heteroatoms. The number of halogens is 1. The Morgan fingerprint density at radius 3 is 2.57 bits per heavy atom. The zero-order chi connectivity index (χ0) is 5.70. The molecule has 0 aliphatic carbocycles. The van der Waals surface area contributed by atoms with E-state index < -0.39 is 0 Å². The molecule has 2 N–H and O–H groups in total. The van der Waals surface area contributed by atoms with E-state index >= 15 is 0 Å². The van der Waals surface area contributed by atoms with Gasteiger partial charge in [0.05, 0.1) is 0 Å². The van der Waals surface area contributed by atoms with E-state index in [9.17, 15) is 0 Å². The molecule has 0 aliphatic heterocycles. The quantitative estimate of drug-likeness (QED) is 0.586. The Balaban J connectivity index is 3.17. The summed E-state index contributed by atoms with van der Waals surface area (Å²) in [7, 11) is 0. The van der Waals surface area contributed by atoms with Crippen molar-refractivity contribution in [1.82, 2.24) is 0 Å². The third-order valence-electron chi connectivity index (χ3n) is 0.725. The molecule has 0 rings (SSSR count). The Kier molecular flexibility index (Phi) is 4.15. The molecule has 0 aromatic rings. The van der Waals surface area contributed by atoms with Crippen LogP contribution in [-0.2, 0) is 0 Å². The second-order valence-corrected chi connectivity index (χ2v) is 1.71. The minimum Gasteiger partial charge on any atom is -0.330 e. The van der Waals surface area contributed by atoms with Gasteiger partial charge in [0.25, 0.3) is 0 Å². The third kappa shape index (κ3) is 3.83. The van der Waals surface area contributed by atoms with Crippen molar-refractivity contribution in [3.05, 3.63) is 11.1 Å². The minimum absolute atomic E-state index is 0.690. The minimum atomic E-state index is 0.690. The van der Waals surface area contributed by atoms with Gasteiger partial charge in [-0.15, -0.1) is 0 Å². The van der Waals surface area contributed by atoms with Gasteiger partial charge in [0.1, 0.15) is 0 Å². The van der Waals surface area contributed by atoms with Crippen molar-refractivity contribution < 1.29 is 0 Å². The average molecular weight is 120 g/mol. The highest BCUT2D eigenvalue weighted by molar-refractivity contribution is 6.25. The van der Waals surface area contributed by atoms with Gasteiger partial charge in [-0.1, -0.05) is 17.2 Å². The van der Waals surface area contributed by atoms with Crippen molar-refractivity contribution in [3.8, 4) is 0 Å². The Hall–Kier alpha value is -0.0100. The predicted octanol–water partition coefficient (Wildman–Crippen LogP) is 1.48. The molecular formula is C5H10ClN. The molecule has 0 saturated carbocycles. The molecule has 0 heterocycles. The molecular weight excluding hydrogens is 110 g/mol. The first-order valence-corrected chi connectivity index (χ1v) is 2.71. The van der Waals surface area contributed by atoms with E-state index in [1.54, 1.807) is 5.54 Å². The van der Waals surface area contributed by atoms with Gasteiger partial charge in [-0.05, 0) is 19.9 Å². The summed E-state index contributed by atoms with van der Waals surface area (Å²) in [5, 5.41) is 0. The fraction of sp³-hybridized carbons (Fsp3) is 0.600. The normalized spacial score (nSPS) is 12.1. The van der Waals surface area contributed by atoms with E-state index in [0.29, 0.717) is 6.54 Å². The maximum absolute atomic E-state index is 5.31. The molecule has 0 saturated heterocycles. The van der Waals surface area contributed by atoms with Gasteiger partial charge in [0, 0.05) is 5.54 Å².